The van der Waals surface area contributed by atoms with E-state index in [1.165, 1.54) is 32.4 Å². The lowest BCUT2D eigenvalue weighted by atomic mass is 9.99. The molecule has 2 heterocycles. The zero-order chi connectivity index (χ0) is 12.5. The fourth-order valence-electron chi connectivity index (χ4n) is 2.91. The first kappa shape index (κ1) is 12.6. The van der Waals surface area contributed by atoms with E-state index < -0.39 is 0 Å². The maximum Gasteiger partial charge on any atom is 0.0248 e. The van der Waals surface area contributed by atoms with Gasteiger partial charge in [-0.3, -0.25) is 4.90 Å². The van der Waals surface area contributed by atoms with Gasteiger partial charge in [0.25, 0.3) is 0 Å². The maximum atomic E-state index is 3.71. The van der Waals surface area contributed by atoms with Gasteiger partial charge >= 0.3 is 0 Å². The predicted molar refractivity (Wildman–Crippen MR) is 78.1 cm³/mol. The molecule has 0 radical (unpaired) electrons. The zero-order valence-electron chi connectivity index (χ0n) is 11.5. The van der Waals surface area contributed by atoms with Gasteiger partial charge in [-0.25, -0.2) is 0 Å². The molecular weight excluding hydrogens is 240 g/mol. The van der Waals surface area contributed by atoms with Crippen molar-refractivity contribution in [3.8, 4) is 0 Å². The van der Waals surface area contributed by atoms with Gasteiger partial charge in [-0.1, -0.05) is 13.8 Å². The zero-order valence-corrected chi connectivity index (χ0v) is 12.3. The fourth-order valence-corrected chi connectivity index (χ4v) is 3.80. The van der Waals surface area contributed by atoms with Crippen LogP contribution in [0, 0.1) is 5.92 Å². The molecular formula is C15H24N2S. The minimum atomic E-state index is 0.693. The maximum absolute atomic E-state index is 3.71. The molecule has 0 saturated heterocycles. The van der Waals surface area contributed by atoms with Gasteiger partial charge in [0, 0.05) is 36.6 Å². The van der Waals surface area contributed by atoms with Crippen molar-refractivity contribution in [2.24, 2.45) is 5.92 Å². The number of hydrogen-bond acceptors (Lipinski definition) is 3. The van der Waals surface area contributed by atoms with Crippen molar-refractivity contribution in [1.82, 2.24) is 10.2 Å². The van der Waals surface area contributed by atoms with Gasteiger partial charge in [-0.2, -0.15) is 0 Å². The summed E-state index contributed by atoms with van der Waals surface area (Å²) in [6.07, 6.45) is 4.03. The van der Waals surface area contributed by atoms with Gasteiger partial charge in [0.05, 0.1) is 0 Å². The van der Waals surface area contributed by atoms with Gasteiger partial charge in [-0.15, -0.1) is 11.3 Å². The molecule has 3 heteroatoms. The van der Waals surface area contributed by atoms with E-state index in [4.69, 9.17) is 0 Å². The highest BCUT2D eigenvalue weighted by Gasteiger charge is 2.28. The first-order valence-electron chi connectivity index (χ1n) is 7.26. The van der Waals surface area contributed by atoms with Crippen LogP contribution in [-0.4, -0.2) is 30.1 Å². The molecule has 18 heavy (non-hydrogen) atoms. The summed E-state index contributed by atoms with van der Waals surface area (Å²) in [5, 5.41) is 5.97. The van der Waals surface area contributed by atoms with E-state index in [0.29, 0.717) is 6.04 Å². The number of thiophene rings is 1. The van der Waals surface area contributed by atoms with Crippen molar-refractivity contribution in [1.29, 1.82) is 0 Å². The summed E-state index contributed by atoms with van der Waals surface area (Å²) < 4.78 is 0. The molecule has 1 aromatic rings. The van der Waals surface area contributed by atoms with Crippen molar-refractivity contribution in [3.63, 3.8) is 0 Å². The van der Waals surface area contributed by atoms with E-state index >= 15 is 0 Å². The molecule has 1 unspecified atom stereocenters. The highest BCUT2D eigenvalue weighted by molar-refractivity contribution is 7.10. The Morgan fingerprint density at radius 2 is 2.28 bits per heavy atom. The Labute approximate surface area is 114 Å². The van der Waals surface area contributed by atoms with Crippen LogP contribution in [0.15, 0.2) is 11.4 Å². The molecule has 0 amide bonds. The first-order chi connectivity index (χ1) is 8.74. The third-order valence-electron chi connectivity index (χ3n) is 4.27. The lowest BCUT2D eigenvalue weighted by molar-refractivity contribution is 0.137. The van der Waals surface area contributed by atoms with E-state index in [0.717, 1.165) is 18.5 Å². The van der Waals surface area contributed by atoms with E-state index in [1.807, 2.05) is 11.3 Å². The van der Waals surface area contributed by atoms with Crippen molar-refractivity contribution < 1.29 is 0 Å². The molecule has 1 saturated carbocycles. The Bertz CT molecular complexity index is 395. The van der Waals surface area contributed by atoms with Crippen LogP contribution in [0.1, 0.15) is 37.1 Å². The molecule has 0 aromatic carbocycles. The second-order valence-corrected chi connectivity index (χ2v) is 7.08. The second-order valence-electron chi connectivity index (χ2n) is 6.08. The SMILES string of the molecule is CC(C)C(CNC1CC1)N1CCc2sccc2C1. The van der Waals surface area contributed by atoms with Crippen molar-refractivity contribution in [2.75, 3.05) is 13.1 Å². The normalized spacial score (nSPS) is 22.2. The quantitative estimate of drug-likeness (QED) is 0.880. The van der Waals surface area contributed by atoms with Gasteiger partial charge in [0.1, 0.15) is 0 Å². The van der Waals surface area contributed by atoms with Crippen LogP contribution < -0.4 is 5.32 Å². The lowest BCUT2D eigenvalue weighted by Gasteiger charge is -2.37. The molecule has 0 spiro atoms. The summed E-state index contributed by atoms with van der Waals surface area (Å²) in [5.74, 6) is 0.733. The van der Waals surface area contributed by atoms with Crippen molar-refractivity contribution in [3.05, 3.63) is 21.9 Å². The van der Waals surface area contributed by atoms with Crippen LogP contribution >= 0.6 is 11.3 Å². The number of rotatable bonds is 5. The minimum absolute atomic E-state index is 0.693. The molecule has 1 aromatic heterocycles. The highest BCUT2D eigenvalue weighted by Crippen LogP contribution is 2.27. The molecule has 100 valence electrons. The summed E-state index contributed by atoms with van der Waals surface area (Å²) in [6.45, 7) is 8.29. The van der Waals surface area contributed by atoms with Gasteiger partial charge in [-0.05, 0) is 42.2 Å². The molecule has 1 aliphatic carbocycles. The van der Waals surface area contributed by atoms with E-state index in [2.05, 4.69) is 35.5 Å². The van der Waals surface area contributed by atoms with Crippen LogP contribution in [0.25, 0.3) is 0 Å². The van der Waals surface area contributed by atoms with E-state index in [1.54, 1.807) is 10.4 Å². The molecule has 1 N–H and O–H groups in total. The monoisotopic (exact) mass is 264 g/mol. The topological polar surface area (TPSA) is 15.3 Å². The number of hydrogen-bond donors (Lipinski definition) is 1. The molecule has 0 bridgehead atoms. The average molecular weight is 264 g/mol. The second kappa shape index (κ2) is 5.32. The third-order valence-corrected chi connectivity index (χ3v) is 5.29. The summed E-state index contributed by atoms with van der Waals surface area (Å²) >= 11 is 1.93. The molecule has 1 fully saturated rings. The number of nitrogens with one attached hydrogen (secondary N) is 1. The summed E-state index contributed by atoms with van der Waals surface area (Å²) in [6, 6.07) is 3.84. The number of nitrogens with zero attached hydrogens (tertiary/aromatic N) is 1. The lowest BCUT2D eigenvalue weighted by Crippen LogP contribution is -2.47. The minimum Gasteiger partial charge on any atom is -0.312 e. The highest BCUT2D eigenvalue weighted by atomic mass is 32.1. The first-order valence-corrected chi connectivity index (χ1v) is 8.14. The molecule has 2 aliphatic rings. The number of fused-ring (bicyclic) bond motifs is 1. The summed E-state index contributed by atoms with van der Waals surface area (Å²) in [4.78, 5) is 4.30. The smallest absolute Gasteiger partial charge is 0.0248 e. The van der Waals surface area contributed by atoms with Crippen LogP contribution in [0.5, 0.6) is 0 Å². The summed E-state index contributed by atoms with van der Waals surface area (Å²) in [7, 11) is 0. The average Bonchev–Trinajstić information content (AvgIpc) is 3.05. The largest absolute Gasteiger partial charge is 0.312 e. The summed E-state index contributed by atoms with van der Waals surface area (Å²) in [5.41, 5.74) is 1.57. The van der Waals surface area contributed by atoms with E-state index in [-0.39, 0.29) is 0 Å². The molecule has 1 atom stereocenters. The van der Waals surface area contributed by atoms with Crippen molar-refractivity contribution in [2.45, 2.75) is 51.7 Å². The molecule has 3 rings (SSSR count). The predicted octanol–water partition coefficient (Wildman–Crippen LogP) is 2.88. The molecule has 1 aliphatic heterocycles. The Morgan fingerprint density at radius 1 is 1.44 bits per heavy atom. The Morgan fingerprint density at radius 3 is 3.00 bits per heavy atom. The van der Waals surface area contributed by atoms with Gasteiger partial charge in [0.2, 0.25) is 0 Å². The fraction of sp³-hybridized carbons (Fsp3) is 0.733. The Balaban J connectivity index is 1.63. The third kappa shape index (κ3) is 2.79. The van der Waals surface area contributed by atoms with E-state index in [9.17, 15) is 0 Å². The van der Waals surface area contributed by atoms with Crippen LogP contribution in [0.4, 0.5) is 0 Å². The standard InChI is InChI=1S/C15H24N2S/c1-11(2)14(9-16-13-3-4-13)17-7-5-15-12(10-17)6-8-18-15/h6,8,11,13-14,16H,3-5,7,9-10H2,1-2H3. The molecule has 2 nitrogen and oxygen atoms in total. The van der Waals surface area contributed by atoms with Gasteiger partial charge < -0.3 is 5.32 Å². The van der Waals surface area contributed by atoms with Gasteiger partial charge in [0.15, 0.2) is 0 Å². The van der Waals surface area contributed by atoms with Crippen molar-refractivity contribution >= 4 is 11.3 Å². The van der Waals surface area contributed by atoms with Crippen LogP contribution in [0.3, 0.4) is 0 Å². The van der Waals surface area contributed by atoms with Crippen LogP contribution in [-0.2, 0) is 13.0 Å². The Kier molecular flexibility index (Phi) is 3.73. The van der Waals surface area contributed by atoms with Crippen LogP contribution in [0.2, 0.25) is 0 Å². The Hall–Kier alpha value is -0.380.